The Balaban J connectivity index is 1.67. The van der Waals surface area contributed by atoms with Crippen LogP contribution in [0.5, 0.6) is 0 Å². The maximum Gasteiger partial charge on any atom is 0.225 e. The van der Waals surface area contributed by atoms with Gasteiger partial charge in [0.25, 0.3) is 0 Å². The average molecular weight is 330 g/mol. The van der Waals surface area contributed by atoms with Crippen LogP contribution in [0.25, 0.3) is 0 Å². The Bertz CT molecular complexity index is 699. The van der Waals surface area contributed by atoms with E-state index in [0.717, 1.165) is 12.8 Å². The number of aryl methyl sites for hydroxylation is 1. The first-order valence-electron chi connectivity index (χ1n) is 7.83. The fourth-order valence-corrected chi connectivity index (χ4v) is 3.35. The first kappa shape index (κ1) is 16.0. The fraction of sp³-hybridized carbons (Fsp3) is 0.316. The molecule has 3 rings (SSSR count). The number of hydrogen-bond donors (Lipinski definition) is 1. The standard InChI is InChI=1S/C19H20ClNO2/c1-21(17-11-8-13-4-2-3-5-16(13)17)19(23)12-18(22)14-6-9-15(20)10-7-14/h2-7,9-10,17-18,22H,8,11-12H2,1H3/t17-,18-/m0/s1. The Morgan fingerprint density at radius 2 is 1.96 bits per heavy atom. The highest BCUT2D eigenvalue weighted by atomic mass is 35.5. The second kappa shape index (κ2) is 6.73. The van der Waals surface area contributed by atoms with Gasteiger partial charge in [-0.05, 0) is 41.7 Å². The molecule has 0 saturated carbocycles. The first-order chi connectivity index (χ1) is 11.1. The minimum Gasteiger partial charge on any atom is -0.388 e. The number of amides is 1. The summed E-state index contributed by atoms with van der Waals surface area (Å²) in [6.45, 7) is 0. The van der Waals surface area contributed by atoms with E-state index in [2.05, 4.69) is 12.1 Å². The van der Waals surface area contributed by atoms with E-state index in [4.69, 9.17) is 11.6 Å². The molecule has 0 aromatic heterocycles. The summed E-state index contributed by atoms with van der Waals surface area (Å²) >= 11 is 5.85. The summed E-state index contributed by atoms with van der Waals surface area (Å²) in [6.07, 6.45) is 1.21. The van der Waals surface area contributed by atoms with E-state index < -0.39 is 6.10 Å². The Morgan fingerprint density at radius 1 is 1.26 bits per heavy atom. The van der Waals surface area contributed by atoms with Crippen LogP contribution >= 0.6 is 11.6 Å². The maximum atomic E-state index is 12.5. The number of carbonyl (C=O) groups excluding carboxylic acids is 1. The van der Waals surface area contributed by atoms with E-state index in [1.165, 1.54) is 11.1 Å². The number of nitrogens with zero attached hydrogens (tertiary/aromatic N) is 1. The summed E-state index contributed by atoms with van der Waals surface area (Å²) in [5.74, 6) is -0.0471. The molecule has 1 N–H and O–H groups in total. The molecule has 2 aromatic carbocycles. The molecule has 0 aliphatic heterocycles. The minimum absolute atomic E-state index is 0.0471. The van der Waals surface area contributed by atoms with E-state index in [9.17, 15) is 9.90 Å². The number of fused-ring (bicyclic) bond motifs is 1. The topological polar surface area (TPSA) is 40.5 Å². The average Bonchev–Trinajstić information content (AvgIpc) is 2.98. The molecule has 0 spiro atoms. The third kappa shape index (κ3) is 3.41. The van der Waals surface area contributed by atoms with Gasteiger partial charge < -0.3 is 10.0 Å². The van der Waals surface area contributed by atoms with Crippen LogP contribution in [0.4, 0.5) is 0 Å². The highest BCUT2D eigenvalue weighted by Crippen LogP contribution is 2.35. The van der Waals surface area contributed by atoms with Crippen molar-refractivity contribution >= 4 is 17.5 Å². The van der Waals surface area contributed by atoms with Gasteiger partial charge in [0.05, 0.1) is 18.6 Å². The molecule has 0 radical (unpaired) electrons. The van der Waals surface area contributed by atoms with Crippen LogP contribution in [0.2, 0.25) is 5.02 Å². The van der Waals surface area contributed by atoms with Crippen molar-refractivity contribution < 1.29 is 9.90 Å². The van der Waals surface area contributed by atoms with Gasteiger partial charge in [-0.15, -0.1) is 0 Å². The summed E-state index contributed by atoms with van der Waals surface area (Å²) in [5, 5.41) is 10.9. The Hall–Kier alpha value is -1.84. The summed E-state index contributed by atoms with van der Waals surface area (Å²) in [7, 11) is 1.82. The first-order valence-corrected chi connectivity index (χ1v) is 8.21. The van der Waals surface area contributed by atoms with Crippen molar-refractivity contribution in [2.45, 2.75) is 31.4 Å². The van der Waals surface area contributed by atoms with Gasteiger partial charge in [-0.25, -0.2) is 0 Å². The fourth-order valence-electron chi connectivity index (χ4n) is 3.22. The summed E-state index contributed by atoms with van der Waals surface area (Å²) in [6, 6.07) is 15.3. The van der Waals surface area contributed by atoms with Crippen molar-refractivity contribution in [2.75, 3.05) is 7.05 Å². The molecular weight excluding hydrogens is 310 g/mol. The second-order valence-corrected chi connectivity index (χ2v) is 6.47. The van der Waals surface area contributed by atoms with Crippen molar-refractivity contribution in [3.05, 3.63) is 70.2 Å². The molecule has 0 bridgehead atoms. The van der Waals surface area contributed by atoms with Crippen LogP contribution < -0.4 is 0 Å². The van der Waals surface area contributed by atoms with Crippen LogP contribution in [-0.4, -0.2) is 23.0 Å². The van der Waals surface area contributed by atoms with Gasteiger partial charge in [0.2, 0.25) is 5.91 Å². The molecule has 0 unspecified atom stereocenters. The van der Waals surface area contributed by atoms with Crippen molar-refractivity contribution in [1.82, 2.24) is 4.90 Å². The highest BCUT2D eigenvalue weighted by Gasteiger charge is 2.29. The van der Waals surface area contributed by atoms with E-state index in [1.54, 1.807) is 29.2 Å². The number of halogens is 1. The zero-order valence-corrected chi connectivity index (χ0v) is 13.8. The SMILES string of the molecule is CN(C(=O)C[C@H](O)c1ccc(Cl)cc1)[C@H]1CCc2ccccc21. The molecule has 4 heteroatoms. The molecule has 1 aliphatic carbocycles. The van der Waals surface area contributed by atoms with Gasteiger partial charge in [-0.3, -0.25) is 4.79 Å². The molecule has 0 fully saturated rings. The van der Waals surface area contributed by atoms with Gasteiger partial charge >= 0.3 is 0 Å². The Kier molecular flexibility index (Phi) is 4.69. The minimum atomic E-state index is -0.807. The summed E-state index contributed by atoms with van der Waals surface area (Å²) in [5.41, 5.74) is 3.25. The zero-order valence-electron chi connectivity index (χ0n) is 13.1. The number of aliphatic hydroxyl groups is 1. The summed E-state index contributed by atoms with van der Waals surface area (Å²) < 4.78 is 0. The van der Waals surface area contributed by atoms with Gasteiger partial charge in [0.15, 0.2) is 0 Å². The van der Waals surface area contributed by atoms with E-state index in [1.807, 2.05) is 19.2 Å². The van der Waals surface area contributed by atoms with Crippen molar-refractivity contribution in [1.29, 1.82) is 0 Å². The summed E-state index contributed by atoms with van der Waals surface area (Å²) in [4.78, 5) is 14.3. The molecule has 0 saturated heterocycles. The molecule has 3 nitrogen and oxygen atoms in total. The lowest BCUT2D eigenvalue weighted by molar-refractivity contribution is -0.134. The molecule has 2 aromatic rings. The molecule has 2 atom stereocenters. The molecular formula is C19H20ClNO2. The molecule has 0 heterocycles. The quantitative estimate of drug-likeness (QED) is 0.924. The lowest BCUT2D eigenvalue weighted by Gasteiger charge is -2.26. The third-order valence-electron chi connectivity index (χ3n) is 4.58. The molecule has 120 valence electrons. The van der Waals surface area contributed by atoms with Gasteiger partial charge in [0, 0.05) is 12.1 Å². The van der Waals surface area contributed by atoms with Gasteiger partial charge in [-0.2, -0.15) is 0 Å². The number of hydrogen-bond acceptors (Lipinski definition) is 2. The number of benzene rings is 2. The number of aliphatic hydroxyl groups excluding tert-OH is 1. The van der Waals surface area contributed by atoms with Crippen LogP contribution in [0.1, 0.15) is 41.7 Å². The van der Waals surface area contributed by atoms with Crippen molar-refractivity contribution in [3.8, 4) is 0 Å². The van der Waals surface area contributed by atoms with Gasteiger partial charge in [-0.1, -0.05) is 48.0 Å². The van der Waals surface area contributed by atoms with Crippen LogP contribution in [0.3, 0.4) is 0 Å². The Morgan fingerprint density at radius 3 is 2.70 bits per heavy atom. The highest BCUT2D eigenvalue weighted by molar-refractivity contribution is 6.30. The normalized spacial score (nSPS) is 17.6. The van der Waals surface area contributed by atoms with Crippen molar-refractivity contribution in [3.63, 3.8) is 0 Å². The van der Waals surface area contributed by atoms with Crippen LogP contribution in [0, 0.1) is 0 Å². The number of rotatable bonds is 4. The zero-order chi connectivity index (χ0) is 16.4. The van der Waals surface area contributed by atoms with E-state index >= 15 is 0 Å². The lowest BCUT2D eigenvalue weighted by Crippen LogP contribution is -2.31. The van der Waals surface area contributed by atoms with Gasteiger partial charge in [0.1, 0.15) is 0 Å². The van der Waals surface area contributed by atoms with E-state index in [-0.39, 0.29) is 18.4 Å². The largest absolute Gasteiger partial charge is 0.388 e. The lowest BCUT2D eigenvalue weighted by atomic mass is 10.0. The van der Waals surface area contributed by atoms with Crippen molar-refractivity contribution in [2.24, 2.45) is 0 Å². The smallest absolute Gasteiger partial charge is 0.225 e. The third-order valence-corrected chi connectivity index (χ3v) is 4.84. The second-order valence-electron chi connectivity index (χ2n) is 6.03. The van der Waals surface area contributed by atoms with Crippen LogP contribution in [0.15, 0.2) is 48.5 Å². The maximum absolute atomic E-state index is 12.5. The van der Waals surface area contributed by atoms with Crippen LogP contribution in [-0.2, 0) is 11.2 Å². The molecule has 23 heavy (non-hydrogen) atoms. The monoisotopic (exact) mass is 329 g/mol. The Labute approximate surface area is 141 Å². The van der Waals surface area contributed by atoms with E-state index in [0.29, 0.717) is 10.6 Å². The predicted molar refractivity (Wildman–Crippen MR) is 91.3 cm³/mol. The predicted octanol–water partition coefficient (Wildman–Crippen LogP) is 3.91. The number of carbonyl (C=O) groups is 1. The molecule has 1 amide bonds. The molecule has 1 aliphatic rings.